The summed E-state index contributed by atoms with van der Waals surface area (Å²) in [5.41, 5.74) is 1.31. The van der Waals surface area contributed by atoms with Crippen LogP contribution in [-0.2, 0) is 9.84 Å². The Bertz CT molecular complexity index is 1190. The predicted molar refractivity (Wildman–Crippen MR) is 121 cm³/mol. The van der Waals surface area contributed by atoms with Crippen molar-refractivity contribution >= 4 is 61.1 Å². The minimum absolute atomic E-state index is 0.0689. The third kappa shape index (κ3) is 4.32. The summed E-state index contributed by atoms with van der Waals surface area (Å²) >= 11 is 19.1. The molecule has 2 heterocycles. The first kappa shape index (κ1) is 21.8. The number of halogens is 4. The van der Waals surface area contributed by atoms with Crippen molar-refractivity contribution in [3.05, 3.63) is 62.7 Å². The van der Waals surface area contributed by atoms with Crippen LogP contribution in [0.15, 0.2) is 46.7 Å². The molecule has 158 valence electrons. The molecule has 1 aromatic heterocycles. The number of hydrogen-bond acceptors (Lipinski definition) is 5. The summed E-state index contributed by atoms with van der Waals surface area (Å²) in [6.07, 6.45) is 0.958. The second-order valence-corrected chi connectivity index (χ2v) is 11.2. The SMILES string of the molecule is O=S(=O)(c1ccc(Cl)c(Cl)c1)C1CCN(c2nc(-c3ccc(Cl)c(F)c3)cs2)CC1. The van der Waals surface area contributed by atoms with Gasteiger partial charge in [0, 0.05) is 24.0 Å². The zero-order valence-corrected chi connectivity index (χ0v) is 19.4. The summed E-state index contributed by atoms with van der Waals surface area (Å²) in [6, 6.07) is 8.99. The van der Waals surface area contributed by atoms with Gasteiger partial charge < -0.3 is 4.90 Å². The zero-order chi connectivity index (χ0) is 21.5. The minimum Gasteiger partial charge on any atom is -0.348 e. The van der Waals surface area contributed by atoms with Crippen LogP contribution < -0.4 is 4.90 Å². The lowest BCUT2D eigenvalue weighted by molar-refractivity contribution is 0.529. The second kappa shape index (κ2) is 8.63. The summed E-state index contributed by atoms with van der Waals surface area (Å²) in [6.45, 7) is 1.13. The number of anilines is 1. The lowest BCUT2D eigenvalue weighted by Gasteiger charge is -2.31. The van der Waals surface area contributed by atoms with Crippen LogP contribution in [0.5, 0.6) is 0 Å². The first-order chi connectivity index (χ1) is 14.3. The zero-order valence-electron chi connectivity index (χ0n) is 15.5. The van der Waals surface area contributed by atoms with E-state index < -0.39 is 20.9 Å². The van der Waals surface area contributed by atoms with Crippen LogP contribution in [0.25, 0.3) is 11.3 Å². The van der Waals surface area contributed by atoms with Gasteiger partial charge >= 0.3 is 0 Å². The van der Waals surface area contributed by atoms with Crippen LogP contribution in [-0.4, -0.2) is 31.7 Å². The number of thiazole rings is 1. The number of benzene rings is 2. The van der Waals surface area contributed by atoms with E-state index in [2.05, 4.69) is 9.88 Å². The molecule has 0 radical (unpaired) electrons. The van der Waals surface area contributed by atoms with E-state index in [9.17, 15) is 12.8 Å². The maximum absolute atomic E-state index is 13.7. The number of aromatic nitrogens is 1. The van der Waals surface area contributed by atoms with E-state index in [1.165, 1.54) is 41.7 Å². The van der Waals surface area contributed by atoms with E-state index in [1.54, 1.807) is 6.07 Å². The first-order valence-electron chi connectivity index (χ1n) is 9.10. The number of piperidine rings is 1. The maximum Gasteiger partial charge on any atom is 0.185 e. The minimum atomic E-state index is -3.49. The molecule has 0 atom stereocenters. The molecule has 0 saturated carbocycles. The Morgan fingerprint density at radius 3 is 2.37 bits per heavy atom. The number of sulfone groups is 1. The largest absolute Gasteiger partial charge is 0.348 e. The molecule has 4 nitrogen and oxygen atoms in total. The van der Waals surface area contributed by atoms with Gasteiger partial charge in [-0.1, -0.05) is 40.9 Å². The highest BCUT2D eigenvalue weighted by atomic mass is 35.5. The van der Waals surface area contributed by atoms with Crippen molar-refractivity contribution in [3.8, 4) is 11.3 Å². The highest BCUT2D eigenvalue weighted by molar-refractivity contribution is 7.92. The van der Waals surface area contributed by atoms with Gasteiger partial charge in [-0.25, -0.2) is 17.8 Å². The molecule has 4 rings (SSSR count). The number of nitrogens with zero attached hydrogens (tertiary/aromatic N) is 2. The molecule has 10 heteroatoms. The number of rotatable bonds is 4. The van der Waals surface area contributed by atoms with E-state index in [1.807, 2.05) is 5.38 Å². The Hall–Kier alpha value is -1.38. The highest BCUT2D eigenvalue weighted by Crippen LogP contribution is 2.33. The number of hydrogen-bond donors (Lipinski definition) is 0. The monoisotopic (exact) mass is 504 g/mol. The molecular formula is C20H16Cl3FN2O2S2. The van der Waals surface area contributed by atoms with Gasteiger partial charge in [0.2, 0.25) is 0 Å². The summed E-state index contributed by atoms with van der Waals surface area (Å²) in [4.78, 5) is 6.84. The maximum atomic E-state index is 13.7. The Balaban J connectivity index is 1.46. The average Bonchev–Trinajstić information content (AvgIpc) is 3.22. The van der Waals surface area contributed by atoms with Crippen molar-refractivity contribution in [2.75, 3.05) is 18.0 Å². The molecular weight excluding hydrogens is 490 g/mol. The lowest BCUT2D eigenvalue weighted by Crippen LogP contribution is -2.39. The van der Waals surface area contributed by atoms with Crippen molar-refractivity contribution in [2.24, 2.45) is 0 Å². The van der Waals surface area contributed by atoms with Gasteiger partial charge in [-0.15, -0.1) is 11.3 Å². The second-order valence-electron chi connectivity index (χ2n) is 6.95. The van der Waals surface area contributed by atoms with E-state index in [0.717, 1.165) is 5.13 Å². The Kier molecular flexibility index (Phi) is 6.28. The molecule has 0 unspecified atom stereocenters. The van der Waals surface area contributed by atoms with Crippen molar-refractivity contribution in [1.82, 2.24) is 4.98 Å². The van der Waals surface area contributed by atoms with Crippen molar-refractivity contribution in [2.45, 2.75) is 23.0 Å². The van der Waals surface area contributed by atoms with Crippen LogP contribution in [0, 0.1) is 5.82 Å². The van der Waals surface area contributed by atoms with E-state index in [0.29, 0.717) is 42.2 Å². The Morgan fingerprint density at radius 1 is 1.00 bits per heavy atom. The van der Waals surface area contributed by atoms with Crippen LogP contribution in [0.2, 0.25) is 15.1 Å². The molecule has 3 aromatic rings. The topological polar surface area (TPSA) is 50.3 Å². The van der Waals surface area contributed by atoms with Gasteiger partial charge in [-0.2, -0.15) is 0 Å². The molecule has 0 N–H and O–H groups in total. The van der Waals surface area contributed by atoms with E-state index in [-0.39, 0.29) is 14.9 Å². The van der Waals surface area contributed by atoms with Gasteiger partial charge in [0.25, 0.3) is 0 Å². The molecule has 30 heavy (non-hydrogen) atoms. The lowest BCUT2D eigenvalue weighted by atomic mass is 10.1. The third-order valence-electron chi connectivity index (χ3n) is 5.08. The van der Waals surface area contributed by atoms with Crippen molar-refractivity contribution < 1.29 is 12.8 Å². The molecule has 0 spiro atoms. The van der Waals surface area contributed by atoms with E-state index in [4.69, 9.17) is 34.8 Å². The van der Waals surface area contributed by atoms with Crippen LogP contribution in [0.4, 0.5) is 9.52 Å². The van der Waals surface area contributed by atoms with Gasteiger partial charge in [0.05, 0.1) is 30.9 Å². The Labute approximate surface area is 193 Å². The van der Waals surface area contributed by atoms with Crippen LogP contribution in [0.1, 0.15) is 12.8 Å². The molecule has 1 aliphatic rings. The fourth-order valence-corrected chi connectivity index (χ4v) is 6.53. The standard InChI is InChI=1S/C20H16Cl3FN2O2S2/c21-15-4-2-14(10-17(15)23)30(27,28)13-5-7-26(8-6-13)20-25-19(11-29-20)12-1-3-16(22)18(24)9-12/h1-4,9-11,13H,5-8H2. The quantitative estimate of drug-likeness (QED) is 0.414. The summed E-state index contributed by atoms with van der Waals surface area (Å²) in [7, 11) is -3.49. The first-order valence-corrected chi connectivity index (χ1v) is 12.7. The Morgan fingerprint density at radius 2 is 1.70 bits per heavy atom. The highest BCUT2D eigenvalue weighted by Gasteiger charge is 2.32. The predicted octanol–water partition coefficient (Wildman–Crippen LogP) is 6.35. The smallest absolute Gasteiger partial charge is 0.185 e. The fraction of sp³-hybridized carbons (Fsp3) is 0.250. The molecule has 0 aliphatic carbocycles. The third-order valence-corrected chi connectivity index (χ3v) is 9.29. The summed E-state index contributed by atoms with van der Waals surface area (Å²) < 4.78 is 39.7. The van der Waals surface area contributed by atoms with Crippen molar-refractivity contribution in [1.29, 1.82) is 0 Å². The average molecular weight is 506 g/mol. The normalized spacial score (nSPS) is 15.5. The van der Waals surface area contributed by atoms with Crippen LogP contribution in [0.3, 0.4) is 0 Å². The molecule has 0 amide bonds. The molecule has 0 bridgehead atoms. The van der Waals surface area contributed by atoms with Gasteiger partial charge in [0.15, 0.2) is 15.0 Å². The molecule has 1 aliphatic heterocycles. The van der Waals surface area contributed by atoms with Gasteiger partial charge in [0.1, 0.15) is 5.82 Å². The molecule has 1 saturated heterocycles. The van der Waals surface area contributed by atoms with Gasteiger partial charge in [-0.05, 0) is 43.2 Å². The summed E-state index contributed by atoms with van der Waals surface area (Å²) in [5.74, 6) is -0.489. The van der Waals surface area contributed by atoms with Crippen LogP contribution >= 0.6 is 46.1 Å². The van der Waals surface area contributed by atoms with Gasteiger partial charge in [-0.3, -0.25) is 0 Å². The molecule has 2 aromatic carbocycles. The molecule has 1 fully saturated rings. The summed E-state index contributed by atoms with van der Waals surface area (Å²) in [5, 5.41) is 2.77. The van der Waals surface area contributed by atoms with E-state index >= 15 is 0 Å². The fourth-order valence-electron chi connectivity index (χ4n) is 3.40. The van der Waals surface area contributed by atoms with Crippen molar-refractivity contribution in [3.63, 3.8) is 0 Å².